The van der Waals surface area contributed by atoms with Crippen molar-refractivity contribution in [3.05, 3.63) is 60.2 Å². The maximum Gasteiger partial charge on any atom is 0.243 e. The summed E-state index contributed by atoms with van der Waals surface area (Å²) in [4.78, 5) is 27.1. The first-order chi connectivity index (χ1) is 11.6. The van der Waals surface area contributed by atoms with Gasteiger partial charge in [-0.25, -0.2) is 0 Å². The fourth-order valence-corrected chi connectivity index (χ4v) is 2.63. The van der Waals surface area contributed by atoms with Crippen molar-refractivity contribution in [2.24, 2.45) is 0 Å². The Bertz CT molecular complexity index is 803. The zero-order valence-electron chi connectivity index (χ0n) is 13.3. The van der Waals surface area contributed by atoms with E-state index in [1.807, 2.05) is 30.3 Å². The van der Waals surface area contributed by atoms with Gasteiger partial charge in [0.05, 0.1) is 12.8 Å². The van der Waals surface area contributed by atoms with Gasteiger partial charge in [0.1, 0.15) is 11.8 Å². The van der Waals surface area contributed by atoms with Crippen molar-refractivity contribution >= 4 is 22.7 Å². The van der Waals surface area contributed by atoms with E-state index in [0.29, 0.717) is 12.2 Å². The molecule has 2 amide bonds. The Kier molecular flexibility index (Phi) is 4.65. The number of H-pyrrole nitrogens is 1. The van der Waals surface area contributed by atoms with Crippen LogP contribution in [-0.2, 0) is 22.6 Å². The Morgan fingerprint density at radius 3 is 2.75 bits per heavy atom. The summed E-state index contributed by atoms with van der Waals surface area (Å²) in [5.74, 6) is 0.167. The number of furan rings is 1. The first-order valence-electron chi connectivity index (χ1n) is 7.75. The topological polar surface area (TPSA) is 87.1 Å². The molecular weight excluding hydrogens is 306 g/mol. The number of nitrogens with one attached hydrogen (secondary N) is 3. The fraction of sp³-hybridized carbons (Fsp3) is 0.222. The quantitative estimate of drug-likeness (QED) is 0.649. The second-order valence-corrected chi connectivity index (χ2v) is 5.64. The van der Waals surface area contributed by atoms with Gasteiger partial charge in [-0.2, -0.15) is 0 Å². The predicted octanol–water partition coefficient (Wildman–Crippen LogP) is 2.12. The Morgan fingerprint density at radius 1 is 1.21 bits per heavy atom. The highest BCUT2D eigenvalue weighted by Gasteiger charge is 2.21. The van der Waals surface area contributed by atoms with Crippen LogP contribution in [0.25, 0.3) is 10.9 Å². The van der Waals surface area contributed by atoms with E-state index in [2.05, 4.69) is 15.6 Å². The van der Waals surface area contributed by atoms with Crippen molar-refractivity contribution in [3.63, 3.8) is 0 Å². The molecular formula is C18H19N3O3. The van der Waals surface area contributed by atoms with E-state index in [1.54, 1.807) is 18.4 Å². The lowest BCUT2D eigenvalue weighted by Crippen LogP contribution is -2.47. The van der Waals surface area contributed by atoms with Crippen LogP contribution in [0.5, 0.6) is 0 Å². The molecule has 0 aliphatic carbocycles. The van der Waals surface area contributed by atoms with Crippen LogP contribution in [0.4, 0.5) is 0 Å². The smallest absolute Gasteiger partial charge is 0.243 e. The third-order valence-corrected chi connectivity index (χ3v) is 3.72. The van der Waals surface area contributed by atoms with Crippen LogP contribution < -0.4 is 10.6 Å². The summed E-state index contributed by atoms with van der Waals surface area (Å²) >= 11 is 0. The van der Waals surface area contributed by atoms with Gasteiger partial charge in [-0.15, -0.1) is 0 Å². The molecule has 6 heteroatoms. The molecule has 3 N–H and O–H groups in total. The third kappa shape index (κ3) is 3.84. The van der Waals surface area contributed by atoms with E-state index in [-0.39, 0.29) is 18.4 Å². The molecule has 0 saturated carbocycles. The van der Waals surface area contributed by atoms with Crippen LogP contribution in [0.1, 0.15) is 18.4 Å². The molecule has 6 nitrogen and oxygen atoms in total. The van der Waals surface area contributed by atoms with E-state index >= 15 is 0 Å². The first-order valence-corrected chi connectivity index (χ1v) is 7.75. The van der Waals surface area contributed by atoms with Gasteiger partial charge in [0.15, 0.2) is 0 Å². The second-order valence-electron chi connectivity index (χ2n) is 5.64. The molecule has 0 saturated heterocycles. The average molecular weight is 325 g/mol. The maximum absolute atomic E-state index is 12.4. The summed E-state index contributed by atoms with van der Waals surface area (Å²) in [5.41, 5.74) is 1.90. The minimum absolute atomic E-state index is 0.246. The monoisotopic (exact) mass is 325 g/mol. The molecule has 2 heterocycles. The molecule has 24 heavy (non-hydrogen) atoms. The molecule has 1 aromatic carbocycles. The van der Waals surface area contributed by atoms with Gasteiger partial charge < -0.3 is 20.0 Å². The molecule has 0 fully saturated rings. The number of hydrogen-bond acceptors (Lipinski definition) is 3. The highest BCUT2D eigenvalue weighted by Crippen LogP contribution is 2.16. The lowest BCUT2D eigenvalue weighted by molar-refractivity contribution is -0.128. The normalized spacial score (nSPS) is 12.0. The van der Waals surface area contributed by atoms with Crippen molar-refractivity contribution in [2.75, 3.05) is 0 Å². The highest BCUT2D eigenvalue weighted by molar-refractivity contribution is 5.87. The summed E-state index contributed by atoms with van der Waals surface area (Å²) in [6.45, 7) is 1.69. The number of carbonyl (C=O) groups excluding carboxylic acids is 2. The zero-order valence-corrected chi connectivity index (χ0v) is 13.3. The predicted molar refractivity (Wildman–Crippen MR) is 90.2 cm³/mol. The number of para-hydroxylation sites is 1. The van der Waals surface area contributed by atoms with Crippen LogP contribution in [0.2, 0.25) is 0 Å². The molecule has 0 bridgehead atoms. The van der Waals surface area contributed by atoms with E-state index in [4.69, 9.17) is 4.42 Å². The number of rotatable bonds is 6. The van der Waals surface area contributed by atoms with Gasteiger partial charge >= 0.3 is 0 Å². The maximum atomic E-state index is 12.4. The summed E-state index contributed by atoms with van der Waals surface area (Å²) in [6.07, 6.45) is 1.94. The lowest BCUT2D eigenvalue weighted by Gasteiger charge is -2.16. The van der Waals surface area contributed by atoms with Crippen molar-refractivity contribution in [3.8, 4) is 0 Å². The van der Waals surface area contributed by atoms with E-state index < -0.39 is 6.04 Å². The van der Waals surface area contributed by atoms with Gasteiger partial charge in [0.25, 0.3) is 0 Å². The van der Waals surface area contributed by atoms with Crippen molar-refractivity contribution in [2.45, 2.75) is 25.9 Å². The van der Waals surface area contributed by atoms with Crippen molar-refractivity contribution in [1.29, 1.82) is 0 Å². The number of fused-ring (bicyclic) bond motifs is 1. The van der Waals surface area contributed by atoms with Crippen molar-refractivity contribution in [1.82, 2.24) is 15.6 Å². The number of amides is 2. The fourth-order valence-electron chi connectivity index (χ4n) is 2.63. The molecule has 1 unspecified atom stereocenters. The van der Waals surface area contributed by atoms with Gasteiger partial charge in [-0.05, 0) is 29.7 Å². The van der Waals surface area contributed by atoms with Crippen LogP contribution in [-0.4, -0.2) is 22.8 Å². The molecule has 124 valence electrons. The third-order valence-electron chi connectivity index (χ3n) is 3.72. The van der Waals surface area contributed by atoms with Crippen LogP contribution in [0.15, 0.2) is 53.1 Å². The van der Waals surface area contributed by atoms with Gasteiger partial charge in [-0.3, -0.25) is 9.59 Å². The van der Waals surface area contributed by atoms with Crippen molar-refractivity contribution < 1.29 is 14.0 Å². The summed E-state index contributed by atoms with van der Waals surface area (Å²) in [5, 5.41) is 6.56. The SMILES string of the molecule is CC(=O)NC(Cc1cc2ccccc2[nH]1)C(=O)NCc1ccco1. The first kappa shape index (κ1) is 15.9. The Morgan fingerprint density at radius 2 is 2.04 bits per heavy atom. The van der Waals surface area contributed by atoms with Gasteiger partial charge in [0.2, 0.25) is 11.8 Å². The average Bonchev–Trinajstić information content (AvgIpc) is 3.20. The number of benzene rings is 1. The Labute approximate surface area is 139 Å². The van der Waals surface area contributed by atoms with E-state index in [1.165, 1.54) is 6.92 Å². The Balaban J connectivity index is 1.70. The molecule has 0 spiro atoms. The number of carbonyl (C=O) groups is 2. The molecule has 0 radical (unpaired) electrons. The molecule has 2 aromatic heterocycles. The molecule has 0 aliphatic heterocycles. The van der Waals surface area contributed by atoms with Crippen LogP contribution >= 0.6 is 0 Å². The van der Waals surface area contributed by atoms with Gasteiger partial charge in [0, 0.05) is 24.6 Å². The number of aromatic amines is 1. The highest BCUT2D eigenvalue weighted by atomic mass is 16.3. The van der Waals surface area contributed by atoms with Crippen LogP contribution in [0.3, 0.4) is 0 Å². The van der Waals surface area contributed by atoms with Gasteiger partial charge in [-0.1, -0.05) is 18.2 Å². The number of aromatic nitrogens is 1. The Hall–Kier alpha value is -3.02. The lowest BCUT2D eigenvalue weighted by atomic mass is 10.1. The molecule has 3 rings (SSSR count). The van der Waals surface area contributed by atoms with Crippen LogP contribution in [0, 0.1) is 0 Å². The zero-order chi connectivity index (χ0) is 16.9. The standard InChI is InChI=1S/C18H19N3O3/c1-12(22)20-17(18(23)19-11-15-6-4-8-24-15)10-14-9-13-5-2-3-7-16(13)21-14/h2-9,17,21H,10-11H2,1H3,(H,19,23)(H,20,22). The molecule has 1 atom stereocenters. The summed E-state index contributed by atoms with van der Waals surface area (Å²) < 4.78 is 5.19. The molecule has 3 aromatic rings. The largest absolute Gasteiger partial charge is 0.467 e. The minimum Gasteiger partial charge on any atom is -0.467 e. The molecule has 0 aliphatic rings. The van der Waals surface area contributed by atoms with E-state index in [0.717, 1.165) is 16.6 Å². The summed E-state index contributed by atoms with van der Waals surface area (Å²) in [7, 11) is 0. The minimum atomic E-state index is -0.648. The van der Waals surface area contributed by atoms with E-state index in [9.17, 15) is 9.59 Å². The summed E-state index contributed by atoms with van der Waals surface area (Å²) in [6, 6.07) is 12.8. The second kappa shape index (κ2) is 7.04. The number of hydrogen-bond donors (Lipinski definition) is 3.